The summed E-state index contributed by atoms with van der Waals surface area (Å²) in [5.74, 6) is -0.290. The summed E-state index contributed by atoms with van der Waals surface area (Å²) < 4.78 is 25.2. The molecule has 0 aliphatic carbocycles. The topological polar surface area (TPSA) is 69.7 Å². The molecule has 1 N–H and O–H groups in total. The third-order valence-corrected chi connectivity index (χ3v) is 5.37. The molecular formula is C17H21N3O3S. The minimum absolute atomic E-state index is 0.152. The first-order valence-electron chi connectivity index (χ1n) is 7.33. The zero-order valence-corrected chi connectivity index (χ0v) is 15.0. The minimum atomic E-state index is -3.49. The Morgan fingerprint density at radius 2 is 1.42 bits per heavy atom. The van der Waals surface area contributed by atoms with Crippen LogP contribution in [0.3, 0.4) is 0 Å². The van der Waals surface area contributed by atoms with Crippen molar-refractivity contribution in [2.45, 2.75) is 4.90 Å². The van der Waals surface area contributed by atoms with Gasteiger partial charge in [0, 0.05) is 45.1 Å². The highest BCUT2D eigenvalue weighted by Crippen LogP contribution is 2.18. The van der Waals surface area contributed by atoms with Crippen LogP contribution in [-0.2, 0) is 10.0 Å². The van der Waals surface area contributed by atoms with Crippen LogP contribution in [0.2, 0.25) is 0 Å². The number of amides is 1. The molecule has 0 aliphatic rings. The molecule has 24 heavy (non-hydrogen) atoms. The van der Waals surface area contributed by atoms with Crippen LogP contribution in [0.25, 0.3) is 0 Å². The predicted molar refractivity (Wildman–Crippen MR) is 96.0 cm³/mol. The number of nitrogens with one attached hydrogen (secondary N) is 1. The van der Waals surface area contributed by atoms with Crippen LogP contribution in [0, 0.1) is 0 Å². The molecule has 0 radical (unpaired) electrons. The number of hydrogen-bond donors (Lipinski definition) is 1. The second-order valence-corrected chi connectivity index (χ2v) is 7.86. The fraction of sp³-hybridized carbons (Fsp3) is 0.235. The van der Waals surface area contributed by atoms with E-state index in [9.17, 15) is 13.2 Å². The van der Waals surface area contributed by atoms with Crippen molar-refractivity contribution >= 4 is 27.3 Å². The van der Waals surface area contributed by atoms with Crippen molar-refractivity contribution in [2.75, 3.05) is 38.4 Å². The van der Waals surface area contributed by atoms with Crippen molar-refractivity contribution in [1.29, 1.82) is 0 Å². The maximum Gasteiger partial charge on any atom is 0.255 e. The summed E-state index contributed by atoms with van der Waals surface area (Å²) in [6, 6.07) is 13.3. The molecule has 0 unspecified atom stereocenters. The fourth-order valence-corrected chi connectivity index (χ4v) is 2.94. The Bertz CT molecular complexity index is 811. The molecule has 2 aromatic carbocycles. The van der Waals surface area contributed by atoms with Crippen LogP contribution in [0.15, 0.2) is 53.4 Å². The highest BCUT2D eigenvalue weighted by molar-refractivity contribution is 7.89. The lowest BCUT2D eigenvalue weighted by atomic mass is 10.2. The molecule has 2 rings (SSSR count). The molecule has 0 saturated carbocycles. The van der Waals surface area contributed by atoms with Crippen molar-refractivity contribution < 1.29 is 13.2 Å². The fourth-order valence-electron chi connectivity index (χ4n) is 2.04. The third kappa shape index (κ3) is 3.93. The van der Waals surface area contributed by atoms with E-state index in [-0.39, 0.29) is 10.8 Å². The first kappa shape index (κ1) is 18.0. The first-order valence-corrected chi connectivity index (χ1v) is 8.77. The van der Waals surface area contributed by atoms with Crippen molar-refractivity contribution in [3.63, 3.8) is 0 Å². The van der Waals surface area contributed by atoms with Gasteiger partial charge in [0.1, 0.15) is 0 Å². The number of benzene rings is 2. The minimum Gasteiger partial charge on any atom is -0.378 e. The lowest BCUT2D eigenvalue weighted by molar-refractivity contribution is 0.102. The summed E-state index contributed by atoms with van der Waals surface area (Å²) in [5, 5.41) is 2.79. The number of carbonyl (C=O) groups is 1. The van der Waals surface area contributed by atoms with Gasteiger partial charge in [-0.1, -0.05) is 0 Å². The highest BCUT2D eigenvalue weighted by Gasteiger charge is 2.17. The van der Waals surface area contributed by atoms with Gasteiger partial charge in [-0.15, -0.1) is 0 Å². The molecule has 0 atom stereocenters. The number of rotatable bonds is 5. The molecule has 7 heteroatoms. The van der Waals surface area contributed by atoms with Crippen LogP contribution in [0.5, 0.6) is 0 Å². The first-order chi connectivity index (χ1) is 11.2. The smallest absolute Gasteiger partial charge is 0.255 e. The number of hydrogen-bond acceptors (Lipinski definition) is 4. The Kier molecular flexibility index (Phi) is 5.26. The average molecular weight is 347 g/mol. The summed E-state index contributed by atoms with van der Waals surface area (Å²) in [4.78, 5) is 14.4. The maximum atomic E-state index is 12.2. The van der Waals surface area contributed by atoms with E-state index in [1.165, 1.54) is 38.4 Å². The normalized spacial score (nSPS) is 11.4. The Balaban J connectivity index is 2.13. The summed E-state index contributed by atoms with van der Waals surface area (Å²) in [6.45, 7) is 0. The molecule has 0 fully saturated rings. The summed E-state index contributed by atoms with van der Waals surface area (Å²) in [7, 11) is 3.32. The van der Waals surface area contributed by atoms with Crippen LogP contribution in [-0.4, -0.2) is 46.8 Å². The Morgan fingerprint density at radius 3 is 1.88 bits per heavy atom. The Morgan fingerprint density at radius 1 is 0.875 bits per heavy atom. The number of anilines is 2. The molecule has 0 heterocycles. The number of carbonyl (C=O) groups excluding carboxylic acids is 1. The Labute approximate surface area is 142 Å². The van der Waals surface area contributed by atoms with Gasteiger partial charge in [0.2, 0.25) is 10.0 Å². The molecule has 1 amide bonds. The van der Waals surface area contributed by atoms with Crippen molar-refractivity contribution in [3.8, 4) is 0 Å². The summed E-state index contributed by atoms with van der Waals surface area (Å²) in [6.07, 6.45) is 0. The van der Waals surface area contributed by atoms with E-state index in [1.807, 2.05) is 43.3 Å². The third-order valence-electron chi connectivity index (χ3n) is 3.54. The largest absolute Gasteiger partial charge is 0.378 e. The molecule has 2 aromatic rings. The molecular weight excluding hydrogens is 326 g/mol. The van der Waals surface area contributed by atoms with Gasteiger partial charge in [-0.25, -0.2) is 12.7 Å². The standard InChI is InChI=1S/C17H21N3O3S/c1-19(2)15-9-7-14(8-10-15)18-17(21)13-5-11-16(12-6-13)24(22,23)20(3)4/h5-12H,1-4H3,(H,18,21). The molecule has 0 saturated heterocycles. The highest BCUT2D eigenvalue weighted by atomic mass is 32.2. The van der Waals surface area contributed by atoms with Crippen molar-refractivity contribution in [1.82, 2.24) is 4.31 Å². The SMILES string of the molecule is CN(C)c1ccc(NC(=O)c2ccc(S(=O)(=O)N(C)C)cc2)cc1. The molecule has 128 valence electrons. The van der Waals surface area contributed by atoms with Crippen LogP contribution in [0.4, 0.5) is 11.4 Å². The lowest BCUT2D eigenvalue weighted by Crippen LogP contribution is -2.22. The van der Waals surface area contributed by atoms with Crippen LogP contribution >= 0.6 is 0 Å². The van der Waals surface area contributed by atoms with Crippen molar-refractivity contribution in [2.24, 2.45) is 0 Å². The predicted octanol–water partition coefficient (Wildman–Crippen LogP) is 2.26. The van der Waals surface area contributed by atoms with E-state index in [0.717, 1.165) is 9.99 Å². The van der Waals surface area contributed by atoms with E-state index in [0.29, 0.717) is 11.3 Å². The van der Waals surface area contributed by atoms with E-state index >= 15 is 0 Å². The zero-order valence-electron chi connectivity index (χ0n) is 14.1. The van der Waals surface area contributed by atoms with E-state index in [1.54, 1.807) is 0 Å². The van der Waals surface area contributed by atoms with Gasteiger partial charge in [0.05, 0.1) is 4.90 Å². The lowest BCUT2D eigenvalue weighted by Gasteiger charge is -2.13. The van der Waals surface area contributed by atoms with Gasteiger partial charge >= 0.3 is 0 Å². The zero-order chi connectivity index (χ0) is 17.9. The number of sulfonamides is 1. The summed E-state index contributed by atoms with van der Waals surface area (Å²) in [5.41, 5.74) is 2.10. The monoisotopic (exact) mass is 347 g/mol. The average Bonchev–Trinajstić information content (AvgIpc) is 2.55. The van der Waals surface area contributed by atoms with Gasteiger partial charge in [-0.05, 0) is 48.5 Å². The number of nitrogens with zero attached hydrogens (tertiary/aromatic N) is 2. The van der Waals surface area contributed by atoms with Gasteiger partial charge < -0.3 is 10.2 Å². The molecule has 0 aliphatic heterocycles. The van der Waals surface area contributed by atoms with Crippen LogP contribution < -0.4 is 10.2 Å². The van der Waals surface area contributed by atoms with E-state index in [4.69, 9.17) is 0 Å². The molecule has 0 spiro atoms. The second-order valence-electron chi connectivity index (χ2n) is 5.71. The molecule has 0 bridgehead atoms. The van der Waals surface area contributed by atoms with E-state index in [2.05, 4.69) is 5.32 Å². The van der Waals surface area contributed by atoms with Crippen LogP contribution in [0.1, 0.15) is 10.4 Å². The van der Waals surface area contributed by atoms with Crippen molar-refractivity contribution in [3.05, 3.63) is 54.1 Å². The maximum absolute atomic E-state index is 12.2. The Hall–Kier alpha value is -2.38. The van der Waals surface area contributed by atoms with E-state index < -0.39 is 10.0 Å². The summed E-state index contributed by atoms with van der Waals surface area (Å²) >= 11 is 0. The molecule has 6 nitrogen and oxygen atoms in total. The second kappa shape index (κ2) is 7.02. The van der Waals surface area contributed by atoms with Gasteiger partial charge in [-0.2, -0.15) is 0 Å². The van der Waals surface area contributed by atoms with Gasteiger partial charge in [0.25, 0.3) is 5.91 Å². The van der Waals surface area contributed by atoms with Gasteiger partial charge in [0.15, 0.2) is 0 Å². The van der Waals surface area contributed by atoms with Gasteiger partial charge in [-0.3, -0.25) is 4.79 Å². The molecule has 0 aromatic heterocycles. The quantitative estimate of drug-likeness (QED) is 0.901.